The Balaban J connectivity index is 0.979. The maximum Gasteiger partial charge on any atom is 0.346 e. The first-order valence-corrected chi connectivity index (χ1v) is 25.2. The Hall–Kier alpha value is -8.67. The van der Waals surface area contributed by atoms with E-state index < -0.39 is 11.9 Å². The lowest BCUT2D eigenvalue weighted by Crippen LogP contribution is -2.21. The zero-order valence-electron chi connectivity index (χ0n) is 39.7. The normalized spacial score (nSPS) is 13.8. The summed E-state index contributed by atoms with van der Waals surface area (Å²) in [5, 5.41) is 36.9. The number of aliphatic carboxylic acids is 2. The second kappa shape index (κ2) is 23.8. The maximum absolute atomic E-state index is 11.3. The number of nitrogens with zero attached hydrogens (tertiary/aromatic N) is 4. The van der Waals surface area contributed by atoms with E-state index in [9.17, 15) is 19.8 Å². The van der Waals surface area contributed by atoms with Crippen molar-refractivity contribution in [3.63, 3.8) is 0 Å². The molecule has 7 aromatic rings. The highest BCUT2D eigenvalue weighted by Crippen LogP contribution is 2.44. The van der Waals surface area contributed by atoms with E-state index in [4.69, 9.17) is 10.5 Å². The second-order valence-corrected chi connectivity index (χ2v) is 19.2. The van der Waals surface area contributed by atoms with Crippen LogP contribution in [0.15, 0.2) is 186 Å². The summed E-state index contributed by atoms with van der Waals surface area (Å²) in [6.07, 6.45) is 18.3. The number of thiophene rings is 1. The van der Waals surface area contributed by atoms with Crippen molar-refractivity contribution in [2.24, 2.45) is 0 Å². The third kappa shape index (κ3) is 12.7. The minimum absolute atomic E-state index is 0.164. The van der Waals surface area contributed by atoms with Gasteiger partial charge in [-0.3, -0.25) is 0 Å². The number of allylic oxidation sites excluding steroid dienone is 2. The van der Waals surface area contributed by atoms with Gasteiger partial charge in [-0.2, -0.15) is 10.5 Å². The Morgan fingerprint density at radius 3 is 1.33 bits per heavy atom. The topological polar surface area (TPSA) is 129 Å². The molecule has 0 radical (unpaired) electrons. The summed E-state index contributed by atoms with van der Waals surface area (Å²) in [6, 6.07) is 58.1. The summed E-state index contributed by atoms with van der Waals surface area (Å²) < 4.78 is 0. The first-order chi connectivity index (χ1) is 35.1. The Morgan fingerprint density at radius 2 is 0.931 bits per heavy atom. The fourth-order valence-corrected chi connectivity index (χ4v) is 10.3. The monoisotopic (exact) mass is 978 g/mol. The average molecular weight is 979 g/mol. The summed E-state index contributed by atoms with van der Waals surface area (Å²) in [4.78, 5) is 29.7. The van der Waals surface area contributed by atoms with Crippen LogP contribution in [0, 0.1) is 22.7 Å². The molecule has 8 rings (SSSR count). The Bertz CT molecular complexity index is 3310. The molecule has 6 aromatic carbocycles. The highest BCUT2D eigenvalue weighted by Gasteiger charge is 2.20. The third-order valence-electron chi connectivity index (χ3n) is 12.1. The van der Waals surface area contributed by atoms with Crippen molar-refractivity contribution in [1.82, 2.24) is 0 Å². The fourth-order valence-electron chi connectivity index (χ4n) is 8.13. The molecule has 1 unspecified atom stereocenters. The summed E-state index contributed by atoms with van der Waals surface area (Å²) in [7, 11) is 0. The predicted octanol–water partition coefficient (Wildman–Crippen LogP) is 15.8. The van der Waals surface area contributed by atoms with Gasteiger partial charge in [-0.15, -0.1) is 23.1 Å². The van der Waals surface area contributed by atoms with Gasteiger partial charge in [-0.05, 0) is 138 Å². The molecule has 354 valence electrons. The standard InChI is InChI=1S/C62H50N4O4S2/c1-3-65(4-2)53-27-15-45(16-28-53)9-10-48-21-33-56(34-22-48)66(54-29-17-46(18-30-54)7-5-43-11-23-49(24-12-43)59-37-35-57(71-59)39-51(41-63)61(67)68)55-31-19-47(20-32-55)8-6-44-13-25-50(26-14-44)60-38-36-58(72-60)40-52(42-64)62(69)70/h5-37,39-40,60H,3-4,38H2,1-2H3,(H,67,68)(H,69,70)/b7-5+,8-6+,10-9+,51-39+,52-40-. The zero-order valence-corrected chi connectivity index (χ0v) is 41.4. The molecule has 8 nitrogen and oxygen atoms in total. The number of hydrogen-bond donors (Lipinski definition) is 2. The molecule has 0 aliphatic carbocycles. The van der Waals surface area contributed by atoms with E-state index in [1.165, 1.54) is 29.2 Å². The summed E-state index contributed by atoms with van der Waals surface area (Å²) >= 11 is 3.01. The van der Waals surface area contributed by atoms with Crippen molar-refractivity contribution in [2.45, 2.75) is 25.5 Å². The molecular formula is C62H50N4O4S2. The summed E-state index contributed by atoms with van der Waals surface area (Å²) in [5.74, 6) is -2.46. The molecule has 72 heavy (non-hydrogen) atoms. The molecule has 0 bridgehead atoms. The van der Waals surface area contributed by atoms with Crippen molar-refractivity contribution in [3.05, 3.63) is 230 Å². The molecule has 0 spiro atoms. The highest BCUT2D eigenvalue weighted by molar-refractivity contribution is 8.03. The lowest BCUT2D eigenvalue weighted by atomic mass is 10.1. The van der Waals surface area contributed by atoms with Gasteiger partial charge in [0.05, 0.1) is 0 Å². The summed E-state index contributed by atoms with van der Waals surface area (Å²) in [6.45, 7) is 6.30. The first-order valence-electron chi connectivity index (χ1n) is 23.5. The number of carbonyl (C=O) groups is 2. The van der Waals surface area contributed by atoms with Crippen molar-refractivity contribution < 1.29 is 19.8 Å². The number of rotatable bonds is 18. The van der Waals surface area contributed by atoms with Crippen LogP contribution in [0.3, 0.4) is 0 Å². The molecule has 0 amide bonds. The van der Waals surface area contributed by atoms with Gasteiger partial charge in [0.25, 0.3) is 0 Å². The Morgan fingerprint density at radius 1 is 0.542 bits per heavy atom. The van der Waals surface area contributed by atoms with Crippen molar-refractivity contribution in [2.75, 3.05) is 22.9 Å². The molecule has 0 saturated heterocycles. The van der Waals surface area contributed by atoms with Crippen molar-refractivity contribution >= 4 is 100 Å². The van der Waals surface area contributed by atoms with Gasteiger partial charge >= 0.3 is 11.9 Å². The summed E-state index contributed by atoms with van der Waals surface area (Å²) in [5.41, 5.74) is 12.3. The van der Waals surface area contributed by atoms with Crippen LogP contribution < -0.4 is 9.80 Å². The van der Waals surface area contributed by atoms with E-state index in [0.717, 1.165) is 90.9 Å². The largest absolute Gasteiger partial charge is 0.477 e. The van der Waals surface area contributed by atoms with Crippen molar-refractivity contribution in [1.29, 1.82) is 10.5 Å². The van der Waals surface area contributed by atoms with Crippen LogP contribution in [-0.2, 0) is 9.59 Å². The zero-order chi connectivity index (χ0) is 50.4. The molecule has 0 saturated carbocycles. The van der Waals surface area contributed by atoms with Crippen LogP contribution in [0.1, 0.15) is 69.3 Å². The number of anilines is 4. The molecule has 1 aliphatic heterocycles. The minimum Gasteiger partial charge on any atom is -0.477 e. The number of thioether (sulfide) groups is 1. The van der Waals surface area contributed by atoms with Gasteiger partial charge in [0.15, 0.2) is 0 Å². The van der Waals surface area contributed by atoms with E-state index in [0.29, 0.717) is 4.88 Å². The van der Waals surface area contributed by atoms with Crippen LogP contribution in [0.4, 0.5) is 22.7 Å². The molecule has 0 fully saturated rings. The molecule has 10 heteroatoms. The Labute approximate surface area is 429 Å². The van der Waals surface area contributed by atoms with Gasteiger partial charge in [0.2, 0.25) is 0 Å². The van der Waals surface area contributed by atoms with E-state index in [2.05, 4.69) is 194 Å². The third-order valence-corrected chi connectivity index (χ3v) is 14.5. The van der Waals surface area contributed by atoms with E-state index >= 15 is 0 Å². The van der Waals surface area contributed by atoms with Crippen LogP contribution in [0.5, 0.6) is 0 Å². The second-order valence-electron chi connectivity index (χ2n) is 16.8. The lowest BCUT2D eigenvalue weighted by Gasteiger charge is -2.26. The Kier molecular flexibility index (Phi) is 16.4. The number of carboxylic acids is 2. The van der Waals surface area contributed by atoms with Gasteiger partial charge in [0, 0.05) is 55.7 Å². The SMILES string of the molecule is CCN(CC)c1ccc(/C=C/c2ccc(N(c3ccc(/C=C/c4ccc(-c5ccc(/C=C(\C#N)C(=O)O)s5)cc4)cc3)c3ccc(/C=C/c4ccc(C5CC=C(/C=C(/C#N)C(=O)O)S5)cc4)cc3)cc2)cc1. The molecule has 1 atom stereocenters. The molecule has 1 aromatic heterocycles. The van der Waals surface area contributed by atoms with Gasteiger partial charge in [-0.25, -0.2) is 9.59 Å². The molecule has 2 N–H and O–H groups in total. The first kappa shape index (κ1) is 49.7. The van der Waals surface area contributed by atoms with E-state index in [1.54, 1.807) is 23.9 Å². The van der Waals surface area contributed by atoms with E-state index in [-0.39, 0.29) is 16.4 Å². The maximum atomic E-state index is 11.3. The fraction of sp³-hybridized carbons (Fsp3) is 0.0968. The number of benzene rings is 6. The van der Waals surface area contributed by atoms with E-state index in [1.807, 2.05) is 30.3 Å². The lowest BCUT2D eigenvalue weighted by molar-refractivity contribution is -0.133. The molecule has 2 heterocycles. The van der Waals surface area contributed by atoms with Gasteiger partial charge < -0.3 is 20.0 Å². The van der Waals surface area contributed by atoms with Crippen LogP contribution in [0.25, 0.3) is 53.0 Å². The molecular weight excluding hydrogens is 929 g/mol. The quantitative estimate of drug-likeness (QED) is 0.0490. The highest BCUT2D eigenvalue weighted by atomic mass is 32.2. The molecule has 1 aliphatic rings. The van der Waals surface area contributed by atoms with Crippen LogP contribution in [0.2, 0.25) is 0 Å². The van der Waals surface area contributed by atoms with Crippen molar-refractivity contribution in [3.8, 4) is 22.6 Å². The average Bonchev–Trinajstić information content (AvgIpc) is 4.10. The van der Waals surface area contributed by atoms with Crippen LogP contribution in [-0.4, -0.2) is 35.2 Å². The van der Waals surface area contributed by atoms with Gasteiger partial charge in [0.1, 0.15) is 23.3 Å². The van der Waals surface area contributed by atoms with Gasteiger partial charge in [-0.1, -0.05) is 140 Å². The number of nitriles is 2. The number of hydrogen-bond acceptors (Lipinski definition) is 8. The predicted molar refractivity (Wildman–Crippen MR) is 300 cm³/mol. The number of carboxylic acid groups (broad SMARTS) is 2. The smallest absolute Gasteiger partial charge is 0.346 e. The van der Waals surface area contributed by atoms with Crippen LogP contribution >= 0.6 is 23.1 Å². The minimum atomic E-state index is -1.24.